The van der Waals surface area contributed by atoms with Gasteiger partial charge in [-0.15, -0.1) is 11.8 Å². The molecule has 2 amide bonds. The maximum absolute atomic E-state index is 12.7. The number of hydrogen-bond acceptors (Lipinski definition) is 6. The predicted molar refractivity (Wildman–Crippen MR) is 117 cm³/mol. The van der Waals surface area contributed by atoms with Gasteiger partial charge in [0, 0.05) is 4.90 Å². The van der Waals surface area contributed by atoms with Crippen molar-refractivity contribution < 1.29 is 23.9 Å². The molecule has 0 aromatic heterocycles. The number of thioether (sulfide) groups is 1. The molecule has 3 rings (SSSR count). The Morgan fingerprint density at radius 1 is 1.03 bits per heavy atom. The minimum absolute atomic E-state index is 0.176. The van der Waals surface area contributed by atoms with E-state index >= 15 is 0 Å². The van der Waals surface area contributed by atoms with E-state index in [-0.39, 0.29) is 24.5 Å². The van der Waals surface area contributed by atoms with E-state index in [2.05, 4.69) is 10.6 Å². The monoisotopic (exact) mass is 440 g/mol. The Morgan fingerprint density at radius 2 is 1.68 bits per heavy atom. The van der Waals surface area contributed by atoms with Gasteiger partial charge in [0.05, 0.1) is 23.9 Å². The topological polar surface area (TPSA) is 93.7 Å². The smallest absolute Gasteiger partial charge is 0.338 e. The Labute approximate surface area is 185 Å². The molecule has 0 saturated heterocycles. The summed E-state index contributed by atoms with van der Waals surface area (Å²) in [6.45, 7) is 3.38. The number of nitrogens with one attached hydrogen (secondary N) is 2. The van der Waals surface area contributed by atoms with Gasteiger partial charge < -0.3 is 20.1 Å². The second-order valence-electron chi connectivity index (χ2n) is 6.74. The van der Waals surface area contributed by atoms with Gasteiger partial charge in [0.1, 0.15) is 11.9 Å². The molecule has 0 saturated carbocycles. The van der Waals surface area contributed by atoms with Gasteiger partial charge in [-0.3, -0.25) is 4.79 Å². The molecule has 162 valence electrons. The number of carbonyl (C=O) groups excluding carboxylic acids is 3. The lowest BCUT2D eigenvalue weighted by Gasteiger charge is -2.29. The van der Waals surface area contributed by atoms with Crippen molar-refractivity contribution in [2.45, 2.75) is 30.0 Å². The molecule has 0 unspecified atom stereocenters. The summed E-state index contributed by atoms with van der Waals surface area (Å²) >= 11 is 1.37. The van der Waals surface area contributed by atoms with E-state index in [9.17, 15) is 14.4 Å². The average Bonchev–Trinajstić information content (AvgIpc) is 2.78. The third kappa shape index (κ3) is 5.88. The van der Waals surface area contributed by atoms with Crippen molar-refractivity contribution in [2.24, 2.45) is 0 Å². The molecule has 2 aromatic carbocycles. The quantitative estimate of drug-likeness (QED) is 0.481. The Kier molecular flexibility index (Phi) is 7.72. The third-order valence-electron chi connectivity index (χ3n) is 4.53. The van der Waals surface area contributed by atoms with E-state index in [0.717, 1.165) is 10.5 Å². The van der Waals surface area contributed by atoms with Gasteiger partial charge in [-0.05, 0) is 31.5 Å². The van der Waals surface area contributed by atoms with Gasteiger partial charge in [0.15, 0.2) is 0 Å². The van der Waals surface area contributed by atoms with Crippen LogP contribution in [-0.4, -0.2) is 36.4 Å². The number of ether oxygens (including phenoxy) is 2. The summed E-state index contributed by atoms with van der Waals surface area (Å²) in [5.41, 5.74) is 1.14. The lowest BCUT2D eigenvalue weighted by molar-refractivity contribution is -0.143. The van der Waals surface area contributed by atoms with E-state index < -0.39 is 29.3 Å². The molecule has 7 nitrogen and oxygen atoms in total. The fourth-order valence-corrected chi connectivity index (χ4v) is 3.98. The Morgan fingerprint density at radius 3 is 2.32 bits per heavy atom. The summed E-state index contributed by atoms with van der Waals surface area (Å²) in [4.78, 5) is 38.4. The lowest BCUT2D eigenvalue weighted by atomic mass is 9.95. The van der Waals surface area contributed by atoms with E-state index in [0.29, 0.717) is 0 Å². The van der Waals surface area contributed by atoms with Crippen LogP contribution in [0.25, 0.3) is 0 Å². The van der Waals surface area contributed by atoms with Crippen molar-refractivity contribution in [2.75, 3.05) is 13.2 Å². The fraction of sp³-hybridized carbons (Fsp3) is 0.261. The van der Waals surface area contributed by atoms with Crippen LogP contribution >= 0.6 is 11.8 Å². The fourth-order valence-electron chi connectivity index (χ4n) is 3.09. The first-order chi connectivity index (χ1) is 15.0. The summed E-state index contributed by atoms with van der Waals surface area (Å²) in [7, 11) is 0. The molecule has 2 aromatic rings. The molecule has 2 atom stereocenters. The van der Waals surface area contributed by atoms with Crippen molar-refractivity contribution in [3.63, 3.8) is 0 Å². The van der Waals surface area contributed by atoms with Crippen LogP contribution in [-0.2, 0) is 19.1 Å². The van der Waals surface area contributed by atoms with Crippen molar-refractivity contribution in [3.05, 3.63) is 77.5 Å². The van der Waals surface area contributed by atoms with Gasteiger partial charge in [-0.25, -0.2) is 9.59 Å². The second kappa shape index (κ2) is 10.7. The summed E-state index contributed by atoms with van der Waals surface area (Å²) in [6.07, 6.45) is 0. The third-order valence-corrected chi connectivity index (χ3v) is 5.62. The van der Waals surface area contributed by atoms with Gasteiger partial charge >= 0.3 is 18.0 Å². The number of rotatable bonds is 8. The van der Waals surface area contributed by atoms with Crippen LogP contribution in [0.5, 0.6) is 0 Å². The molecule has 8 heteroatoms. The highest BCUT2D eigenvalue weighted by atomic mass is 32.2. The minimum atomic E-state index is -0.709. The molecule has 1 aliphatic heterocycles. The van der Waals surface area contributed by atoms with Crippen LogP contribution in [0.1, 0.15) is 25.5 Å². The van der Waals surface area contributed by atoms with E-state index in [1.807, 2.05) is 48.5 Å². The maximum atomic E-state index is 12.7. The predicted octanol–water partition coefficient (Wildman–Crippen LogP) is 3.58. The van der Waals surface area contributed by atoms with Crippen LogP contribution in [0.4, 0.5) is 4.79 Å². The molecule has 0 aliphatic carbocycles. The van der Waals surface area contributed by atoms with Gasteiger partial charge in [0.2, 0.25) is 0 Å². The number of carbonyl (C=O) groups is 3. The highest BCUT2D eigenvalue weighted by molar-refractivity contribution is 8.00. The van der Waals surface area contributed by atoms with Crippen molar-refractivity contribution >= 4 is 29.7 Å². The molecule has 0 radical (unpaired) electrons. The first-order valence-electron chi connectivity index (χ1n) is 9.90. The number of hydrogen-bond donors (Lipinski definition) is 2. The Bertz CT molecular complexity index is 962. The molecule has 0 bridgehead atoms. The zero-order valence-electron chi connectivity index (χ0n) is 17.3. The molecule has 31 heavy (non-hydrogen) atoms. The Balaban J connectivity index is 1.80. The normalized spacial score (nSPS) is 16.7. The highest BCUT2D eigenvalue weighted by Gasteiger charge is 2.34. The largest absolute Gasteiger partial charge is 0.463 e. The van der Waals surface area contributed by atoms with Crippen molar-refractivity contribution in [1.29, 1.82) is 0 Å². The average molecular weight is 441 g/mol. The van der Waals surface area contributed by atoms with E-state index in [4.69, 9.17) is 9.47 Å². The summed E-state index contributed by atoms with van der Waals surface area (Å²) in [5, 5.41) is 4.87. The summed E-state index contributed by atoms with van der Waals surface area (Å²) < 4.78 is 10.6. The van der Waals surface area contributed by atoms with Crippen LogP contribution in [0.3, 0.4) is 0 Å². The van der Waals surface area contributed by atoms with Gasteiger partial charge in [0.25, 0.3) is 0 Å². The van der Waals surface area contributed by atoms with Gasteiger partial charge in [-0.1, -0.05) is 48.5 Å². The first-order valence-corrected chi connectivity index (χ1v) is 10.8. The molecular formula is C23H24N2O5S. The lowest BCUT2D eigenvalue weighted by Crippen LogP contribution is -2.47. The molecule has 2 N–H and O–H groups in total. The van der Waals surface area contributed by atoms with E-state index in [1.165, 1.54) is 11.8 Å². The standard InChI is InChI=1S/C23H24N2O5S/c1-3-29-22(27)19-18(24-23(28)25-20(19)16-10-6-4-7-11-16)14-30-21(26)15(2)31-17-12-8-5-9-13-17/h4-13,15,20H,3,14H2,1-2H3,(H2,24,25,28)/t15-,20-/m0/s1. The molecular weight excluding hydrogens is 416 g/mol. The van der Waals surface area contributed by atoms with Crippen LogP contribution in [0.2, 0.25) is 0 Å². The minimum Gasteiger partial charge on any atom is -0.463 e. The number of urea groups is 1. The van der Waals surface area contributed by atoms with Crippen LogP contribution in [0, 0.1) is 0 Å². The summed E-state index contributed by atoms with van der Waals surface area (Å²) in [6, 6.07) is 17.4. The molecule has 1 aliphatic rings. The summed E-state index contributed by atoms with van der Waals surface area (Å²) in [5.74, 6) is -1.03. The maximum Gasteiger partial charge on any atom is 0.338 e. The SMILES string of the molecule is CCOC(=O)C1=C(COC(=O)[C@H](C)Sc2ccccc2)NC(=O)N[C@H]1c1ccccc1. The van der Waals surface area contributed by atoms with Crippen molar-refractivity contribution in [3.8, 4) is 0 Å². The second-order valence-corrected chi connectivity index (χ2v) is 8.15. The van der Waals surface area contributed by atoms with Crippen molar-refractivity contribution in [1.82, 2.24) is 10.6 Å². The number of esters is 2. The zero-order chi connectivity index (χ0) is 22.2. The highest BCUT2D eigenvalue weighted by Crippen LogP contribution is 2.28. The molecule has 1 heterocycles. The first kappa shape index (κ1) is 22.4. The number of amides is 2. The Hall–Kier alpha value is -3.26. The van der Waals surface area contributed by atoms with Crippen LogP contribution < -0.4 is 10.6 Å². The molecule has 0 fully saturated rings. The zero-order valence-corrected chi connectivity index (χ0v) is 18.1. The number of benzene rings is 2. The van der Waals surface area contributed by atoms with E-state index in [1.54, 1.807) is 26.0 Å². The molecule has 0 spiro atoms. The van der Waals surface area contributed by atoms with Gasteiger partial charge in [-0.2, -0.15) is 0 Å². The van der Waals surface area contributed by atoms with Crippen LogP contribution in [0.15, 0.2) is 76.8 Å².